The third-order valence-corrected chi connectivity index (χ3v) is 5.93. The van der Waals surface area contributed by atoms with Crippen LogP contribution < -0.4 is 15.4 Å². The van der Waals surface area contributed by atoms with Gasteiger partial charge in [-0.05, 0) is 60.9 Å². The highest BCUT2D eigenvalue weighted by Gasteiger charge is 2.36. The Morgan fingerprint density at radius 2 is 1.81 bits per heavy atom. The van der Waals surface area contributed by atoms with Crippen molar-refractivity contribution in [2.24, 2.45) is 10.4 Å². The molecule has 31 heavy (non-hydrogen) atoms. The van der Waals surface area contributed by atoms with Gasteiger partial charge in [-0.3, -0.25) is 4.99 Å². The molecule has 0 spiro atoms. The maximum Gasteiger partial charge on any atom is 0.191 e. The number of furan rings is 1. The number of nitrogens with zero attached hydrogens (tertiary/aromatic N) is 1. The van der Waals surface area contributed by atoms with Crippen molar-refractivity contribution in [3.63, 3.8) is 0 Å². The fraction of sp³-hybridized carbons (Fsp3) is 0.542. The number of hydrogen-bond acceptors (Lipinski definition) is 4. The standard InChI is InChI=1S/C24H35N3O3.HI/c1-28-18-14-24(12-4-13-24)19-27-23(26-16-11-22-5-3-17-30-22)25-15-10-20-6-8-21(29-2)9-7-20;/h3,5-9,17H,4,10-16,18-19H2,1-2H3,(H2,25,26,27);1H. The molecule has 0 bridgehead atoms. The van der Waals surface area contributed by atoms with Crippen LogP contribution in [0.2, 0.25) is 0 Å². The predicted octanol–water partition coefficient (Wildman–Crippen LogP) is 4.43. The second kappa shape index (κ2) is 13.6. The van der Waals surface area contributed by atoms with Crippen LogP contribution in [-0.4, -0.2) is 46.4 Å². The third-order valence-electron chi connectivity index (χ3n) is 5.93. The minimum atomic E-state index is 0. The monoisotopic (exact) mass is 541 g/mol. The molecule has 1 aliphatic rings. The highest BCUT2D eigenvalue weighted by Crippen LogP contribution is 2.44. The molecule has 1 heterocycles. The van der Waals surface area contributed by atoms with E-state index in [0.29, 0.717) is 5.41 Å². The first-order valence-corrected chi connectivity index (χ1v) is 10.9. The fourth-order valence-corrected chi connectivity index (χ4v) is 3.78. The van der Waals surface area contributed by atoms with Crippen molar-refractivity contribution in [2.75, 3.05) is 40.5 Å². The Balaban J connectivity index is 0.00000341. The molecular formula is C24H36IN3O3. The van der Waals surface area contributed by atoms with Gasteiger partial charge in [-0.15, -0.1) is 24.0 Å². The molecule has 0 aliphatic heterocycles. The molecule has 7 heteroatoms. The molecule has 2 aromatic rings. The molecule has 0 amide bonds. The number of hydrogen-bond donors (Lipinski definition) is 2. The fourth-order valence-electron chi connectivity index (χ4n) is 3.78. The van der Waals surface area contributed by atoms with Crippen LogP contribution >= 0.6 is 24.0 Å². The molecule has 1 saturated carbocycles. The smallest absolute Gasteiger partial charge is 0.191 e. The third kappa shape index (κ3) is 8.37. The summed E-state index contributed by atoms with van der Waals surface area (Å²) >= 11 is 0. The first-order chi connectivity index (χ1) is 14.7. The Morgan fingerprint density at radius 3 is 2.39 bits per heavy atom. The predicted molar refractivity (Wildman–Crippen MR) is 136 cm³/mol. The summed E-state index contributed by atoms with van der Waals surface area (Å²) in [6, 6.07) is 12.1. The van der Waals surface area contributed by atoms with E-state index < -0.39 is 0 Å². The van der Waals surface area contributed by atoms with Gasteiger partial charge in [-0.2, -0.15) is 0 Å². The van der Waals surface area contributed by atoms with Crippen molar-refractivity contribution in [1.29, 1.82) is 0 Å². The second-order valence-electron chi connectivity index (χ2n) is 8.04. The lowest BCUT2D eigenvalue weighted by Gasteiger charge is -2.40. The van der Waals surface area contributed by atoms with Gasteiger partial charge in [-0.1, -0.05) is 18.6 Å². The number of aliphatic imine (C=N–C) groups is 1. The first-order valence-electron chi connectivity index (χ1n) is 10.9. The zero-order valence-corrected chi connectivity index (χ0v) is 21.0. The highest BCUT2D eigenvalue weighted by molar-refractivity contribution is 14.0. The van der Waals surface area contributed by atoms with Crippen LogP contribution in [0.3, 0.4) is 0 Å². The van der Waals surface area contributed by atoms with E-state index in [-0.39, 0.29) is 24.0 Å². The van der Waals surface area contributed by atoms with Crippen molar-refractivity contribution >= 4 is 29.9 Å². The topological polar surface area (TPSA) is 68.0 Å². The van der Waals surface area contributed by atoms with Gasteiger partial charge in [0.25, 0.3) is 0 Å². The zero-order valence-electron chi connectivity index (χ0n) is 18.7. The van der Waals surface area contributed by atoms with Crippen molar-refractivity contribution in [1.82, 2.24) is 10.6 Å². The van der Waals surface area contributed by atoms with E-state index in [4.69, 9.17) is 18.9 Å². The number of methoxy groups -OCH3 is 2. The second-order valence-corrected chi connectivity index (χ2v) is 8.04. The minimum absolute atomic E-state index is 0. The largest absolute Gasteiger partial charge is 0.497 e. The van der Waals surface area contributed by atoms with Crippen LogP contribution in [0.4, 0.5) is 0 Å². The SMILES string of the molecule is COCCC1(CN=C(NCCc2ccc(OC)cc2)NCCc2ccco2)CCC1.I. The van der Waals surface area contributed by atoms with Crippen LogP contribution in [0.5, 0.6) is 5.75 Å². The first kappa shape index (κ1) is 25.5. The summed E-state index contributed by atoms with van der Waals surface area (Å²) in [5.41, 5.74) is 1.58. The van der Waals surface area contributed by atoms with Gasteiger partial charge in [0, 0.05) is 39.8 Å². The Hall–Kier alpha value is -1.74. The summed E-state index contributed by atoms with van der Waals surface area (Å²) in [6.07, 6.45) is 8.34. The summed E-state index contributed by atoms with van der Waals surface area (Å²) in [5.74, 6) is 2.74. The van der Waals surface area contributed by atoms with E-state index >= 15 is 0 Å². The number of benzene rings is 1. The van der Waals surface area contributed by atoms with E-state index in [1.54, 1.807) is 20.5 Å². The van der Waals surface area contributed by atoms with Gasteiger partial charge in [0.05, 0.1) is 13.4 Å². The molecule has 1 fully saturated rings. The number of nitrogens with one attached hydrogen (secondary N) is 2. The van der Waals surface area contributed by atoms with Crippen molar-refractivity contribution < 1.29 is 13.9 Å². The molecule has 3 rings (SSSR count). The summed E-state index contributed by atoms with van der Waals surface area (Å²) < 4.78 is 16.0. The molecule has 0 saturated heterocycles. The molecule has 6 nitrogen and oxygen atoms in total. The van der Waals surface area contributed by atoms with Crippen LogP contribution in [-0.2, 0) is 17.6 Å². The normalized spacial score (nSPS) is 15.0. The van der Waals surface area contributed by atoms with Crippen molar-refractivity contribution in [3.8, 4) is 5.75 Å². The Labute approximate surface area is 203 Å². The maximum absolute atomic E-state index is 5.43. The van der Waals surface area contributed by atoms with Crippen LogP contribution in [0.25, 0.3) is 0 Å². The minimum Gasteiger partial charge on any atom is -0.497 e. The summed E-state index contributed by atoms with van der Waals surface area (Å²) in [5, 5.41) is 6.97. The van der Waals surface area contributed by atoms with E-state index in [0.717, 1.165) is 63.0 Å². The lowest BCUT2D eigenvalue weighted by atomic mass is 9.67. The number of guanidine groups is 1. The number of halogens is 1. The van der Waals surface area contributed by atoms with E-state index in [9.17, 15) is 0 Å². The Kier molecular flexibility index (Phi) is 11.2. The van der Waals surface area contributed by atoms with Crippen LogP contribution in [0.1, 0.15) is 37.0 Å². The molecule has 1 aliphatic carbocycles. The van der Waals surface area contributed by atoms with Gasteiger partial charge >= 0.3 is 0 Å². The summed E-state index contributed by atoms with van der Waals surface area (Å²) in [4.78, 5) is 4.94. The van der Waals surface area contributed by atoms with Crippen LogP contribution in [0.15, 0.2) is 52.1 Å². The Bertz CT molecular complexity index is 759. The molecule has 0 atom stereocenters. The van der Waals surface area contributed by atoms with Crippen LogP contribution in [0, 0.1) is 5.41 Å². The summed E-state index contributed by atoms with van der Waals surface area (Å²) in [7, 11) is 3.47. The molecule has 1 aromatic heterocycles. The van der Waals surface area contributed by atoms with Gasteiger partial charge in [-0.25, -0.2) is 0 Å². The Morgan fingerprint density at radius 1 is 1.06 bits per heavy atom. The average Bonchev–Trinajstić information content (AvgIpc) is 3.26. The lowest BCUT2D eigenvalue weighted by molar-refractivity contribution is 0.0778. The molecular weight excluding hydrogens is 505 g/mol. The maximum atomic E-state index is 5.43. The molecule has 2 N–H and O–H groups in total. The molecule has 0 radical (unpaired) electrons. The molecule has 0 unspecified atom stereocenters. The number of ether oxygens (including phenoxy) is 2. The average molecular weight is 541 g/mol. The summed E-state index contributed by atoms with van der Waals surface area (Å²) in [6.45, 7) is 3.26. The lowest BCUT2D eigenvalue weighted by Crippen LogP contribution is -2.41. The van der Waals surface area contributed by atoms with Gasteiger partial charge < -0.3 is 24.5 Å². The quantitative estimate of drug-likeness (QED) is 0.237. The zero-order chi connectivity index (χ0) is 21.1. The highest BCUT2D eigenvalue weighted by atomic mass is 127. The number of rotatable bonds is 12. The van der Waals surface area contributed by atoms with Gasteiger partial charge in [0.15, 0.2) is 5.96 Å². The van der Waals surface area contributed by atoms with E-state index in [1.807, 2.05) is 24.3 Å². The molecule has 172 valence electrons. The van der Waals surface area contributed by atoms with Crippen molar-refractivity contribution in [3.05, 3.63) is 54.0 Å². The van der Waals surface area contributed by atoms with Gasteiger partial charge in [0.2, 0.25) is 0 Å². The molecule has 1 aromatic carbocycles. The van der Waals surface area contributed by atoms with Crippen molar-refractivity contribution in [2.45, 2.75) is 38.5 Å². The van der Waals surface area contributed by atoms with Gasteiger partial charge in [0.1, 0.15) is 11.5 Å². The van der Waals surface area contributed by atoms with E-state index in [1.165, 1.54) is 24.8 Å². The van der Waals surface area contributed by atoms with E-state index in [2.05, 4.69) is 22.8 Å².